The minimum Gasteiger partial charge on any atom is -0.421 e. The first-order valence-corrected chi connectivity index (χ1v) is 6.84. The molecule has 1 saturated carbocycles. The lowest BCUT2D eigenvalue weighted by Crippen LogP contribution is -2.42. The number of rotatable bonds is 3. The number of carbonyl (C=O) groups is 1. The molecule has 0 bridgehead atoms. The Morgan fingerprint density at radius 2 is 2.14 bits per heavy atom. The van der Waals surface area contributed by atoms with E-state index < -0.39 is 5.63 Å². The van der Waals surface area contributed by atoms with Crippen LogP contribution in [-0.4, -0.2) is 17.1 Å². The fraction of sp³-hybridized carbons (Fsp3) is 0.267. The average Bonchev–Trinajstić information content (AvgIpc) is 2.46. The van der Waals surface area contributed by atoms with Crippen LogP contribution in [0.25, 0.3) is 11.3 Å². The molecule has 0 aromatic carbocycles. The molecular formula is C15H15N3O3. The summed E-state index contributed by atoms with van der Waals surface area (Å²) in [5.74, 6) is 0.415. The first kappa shape index (κ1) is 13.4. The molecular weight excluding hydrogens is 270 g/mol. The van der Waals surface area contributed by atoms with Crippen molar-refractivity contribution in [3.05, 3.63) is 47.1 Å². The molecule has 0 spiro atoms. The van der Waals surface area contributed by atoms with Gasteiger partial charge in [-0.3, -0.25) is 4.98 Å². The molecule has 0 saturated heterocycles. The zero-order valence-corrected chi connectivity index (χ0v) is 11.3. The number of carbonyl (C=O) groups excluding carboxylic acids is 1. The second-order valence-corrected chi connectivity index (χ2v) is 4.97. The second-order valence-electron chi connectivity index (χ2n) is 4.97. The van der Waals surface area contributed by atoms with E-state index >= 15 is 0 Å². The molecule has 1 fully saturated rings. The Hall–Kier alpha value is -2.63. The lowest BCUT2D eigenvalue weighted by atomic mass is 9.93. The molecule has 2 aromatic rings. The average molecular weight is 285 g/mol. The molecule has 1 aliphatic rings. The van der Waals surface area contributed by atoms with Gasteiger partial charge in [0.05, 0.1) is 0 Å². The number of urea groups is 1. The minimum atomic E-state index is -0.583. The molecule has 3 rings (SSSR count). The smallest absolute Gasteiger partial charge is 0.360 e. The van der Waals surface area contributed by atoms with Gasteiger partial charge in [0, 0.05) is 24.0 Å². The van der Waals surface area contributed by atoms with E-state index in [0.29, 0.717) is 11.3 Å². The van der Waals surface area contributed by atoms with E-state index in [9.17, 15) is 9.59 Å². The normalized spacial score (nSPS) is 14.3. The van der Waals surface area contributed by atoms with Crippen molar-refractivity contribution in [3.63, 3.8) is 0 Å². The first-order valence-electron chi connectivity index (χ1n) is 6.84. The van der Waals surface area contributed by atoms with Gasteiger partial charge in [-0.25, -0.2) is 9.59 Å². The summed E-state index contributed by atoms with van der Waals surface area (Å²) in [6, 6.07) is 6.56. The van der Waals surface area contributed by atoms with E-state index in [1.54, 1.807) is 30.6 Å². The van der Waals surface area contributed by atoms with E-state index in [2.05, 4.69) is 15.6 Å². The van der Waals surface area contributed by atoms with Gasteiger partial charge in [0.15, 0.2) is 0 Å². The highest BCUT2D eigenvalue weighted by Crippen LogP contribution is 2.19. The number of aromatic nitrogens is 1. The van der Waals surface area contributed by atoms with Gasteiger partial charge < -0.3 is 15.1 Å². The van der Waals surface area contributed by atoms with Crippen LogP contribution >= 0.6 is 0 Å². The minimum absolute atomic E-state index is 0.125. The topological polar surface area (TPSA) is 84.2 Å². The molecule has 0 unspecified atom stereocenters. The zero-order chi connectivity index (χ0) is 14.7. The van der Waals surface area contributed by atoms with Crippen molar-refractivity contribution in [2.75, 3.05) is 5.32 Å². The Bertz CT molecular complexity index is 693. The molecule has 0 aliphatic heterocycles. The Labute approximate surface area is 121 Å². The van der Waals surface area contributed by atoms with Crippen molar-refractivity contribution in [1.82, 2.24) is 10.3 Å². The Kier molecular flexibility index (Phi) is 3.68. The Balaban J connectivity index is 1.72. The second kappa shape index (κ2) is 5.78. The predicted octanol–water partition coefficient (Wildman–Crippen LogP) is 2.38. The van der Waals surface area contributed by atoms with Crippen LogP contribution in [0.1, 0.15) is 19.3 Å². The number of hydrogen-bond donors (Lipinski definition) is 2. The summed E-state index contributed by atoms with van der Waals surface area (Å²) in [6.07, 6.45) is 6.35. The van der Waals surface area contributed by atoms with Gasteiger partial charge in [0.2, 0.25) is 0 Å². The molecule has 2 heterocycles. The van der Waals surface area contributed by atoms with Crippen LogP contribution in [0.5, 0.6) is 0 Å². The summed E-state index contributed by atoms with van der Waals surface area (Å²) in [6.45, 7) is 0. The van der Waals surface area contributed by atoms with Gasteiger partial charge in [-0.05, 0) is 43.5 Å². The summed E-state index contributed by atoms with van der Waals surface area (Å²) in [5, 5.41) is 5.31. The molecule has 6 nitrogen and oxygen atoms in total. The summed E-state index contributed by atoms with van der Waals surface area (Å²) < 4.78 is 5.20. The van der Waals surface area contributed by atoms with Gasteiger partial charge >= 0.3 is 11.7 Å². The van der Waals surface area contributed by atoms with Crippen LogP contribution in [-0.2, 0) is 0 Å². The van der Waals surface area contributed by atoms with Crippen LogP contribution in [0.3, 0.4) is 0 Å². The van der Waals surface area contributed by atoms with Crippen LogP contribution in [0.15, 0.2) is 45.9 Å². The van der Waals surface area contributed by atoms with Crippen molar-refractivity contribution in [2.45, 2.75) is 25.3 Å². The van der Waals surface area contributed by atoms with Gasteiger partial charge in [0.25, 0.3) is 0 Å². The van der Waals surface area contributed by atoms with Gasteiger partial charge in [-0.2, -0.15) is 0 Å². The van der Waals surface area contributed by atoms with E-state index in [-0.39, 0.29) is 17.8 Å². The number of pyridine rings is 1. The quantitative estimate of drug-likeness (QED) is 0.906. The molecule has 21 heavy (non-hydrogen) atoms. The molecule has 2 aromatic heterocycles. The van der Waals surface area contributed by atoms with Crippen LogP contribution < -0.4 is 16.3 Å². The fourth-order valence-electron chi connectivity index (χ4n) is 2.07. The number of nitrogens with one attached hydrogen (secondary N) is 2. The van der Waals surface area contributed by atoms with Gasteiger partial charge in [-0.1, -0.05) is 0 Å². The fourth-order valence-corrected chi connectivity index (χ4v) is 2.07. The molecule has 6 heteroatoms. The first-order chi connectivity index (χ1) is 10.2. The van der Waals surface area contributed by atoms with Crippen LogP contribution in [0.2, 0.25) is 0 Å². The standard InChI is InChI=1S/C15H15N3O3/c19-14-12(18-15(20)17-11-4-1-5-11)6-7-13(21-14)10-3-2-8-16-9-10/h2-3,6-9,11H,1,4-5H2,(H2,17,18,20). The van der Waals surface area contributed by atoms with E-state index in [4.69, 9.17) is 4.42 Å². The maximum Gasteiger partial charge on any atom is 0.360 e. The third kappa shape index (κ3) is 3.10. The van der Waals surface area contributed by atoms with Crippen molar-refractivity contribution >= 4 is 11.7 Å². The third-order valence-electron chi connectivity index (χ3n) is 3.46. The monoisotopic (exact) mass is 285 g/mol. The summed E-state index contributed by atoms with van der Waals surface area (Å²) in [5.41, 5.74) is 0.250. The Morgan fingerprint density at radius 1 is 1.29 bits per heavy atom. The molecule has 1 aliphatic carbocycles. The van der Waals surface area contributed by atoms with Crippen molar-refractivity contribution in [3.8, 4) is 11.3 Å². The summed E-state index contributed by atoms with van der Waals surface area (Å²) in [7, 11) is 0. The summed E-state index contributed by atoms with van der Waals surface area (Å²) in [4.78, 5) is 27.6. The molecule has 2 amide bonds. The number of amides is 2. The van der Waals surface area contributed by atoms with Gasteiger partial charge in [0.1, 0.15) is 11.4 Å². The molecule has 0 atom stereocenters. The highest BCUT2D eigenvalue weighted by atomic mass is 16.4. The van der Waals surface area contributed by atoms with Gasteiger partial charge in [-0.15, -0.1) is 0 Å². The van der Waals surface area contributed by atoms with Crippen molar-refractivity contribution in [1.29, 1.82) is 0 Å². The third-order valence-corrected chi connectivity index (χ3v) is 3.46. The van der Waals surface area contributed by atoms with E-state index in [0.717, 1.165) is 19.3 Å². The zero-order valence-electron chi connectivity index (χ0n) is 11.3. The summed E-state index contributed by atoms with van der Waals surface area (Å²) >= 11 is 0. The van der Waals surface area contributed by atoms with Crippen LogP contribution in [0.4, 0.5) is 10.5 Å². The van der Waals surface area contributed by atoms with Crippen molar-refractivity contribution < 1.29 is 9.21 Å². The lowest BCUT2D eigenvalue weighted by Gasteiger charge is -2.26. The lowest BCUT2D eigenvalue weighted by molar-refractivity contribution is 0.240. The van der Waals surface area contributed by atoms with E-state index in [1.165, 1.54) is 6.07 Å². The number of nitrogens with zero attached hydrogens (tertiary/aromatic N) is 1. The Morgan fingerprint density at radius 3 is 2.76 bits per heavy atom. The largest absolute Gasteiger partial charge is 0.421 e. The number of hydrogen-bond acceptors (Lipinski definition) is 4. The molecule has 2 N–H and O–H groups in total. The molecule has 108 valence electrons. The predicted molar refractivity (Wildman–Crippen MR) is 78.0 cm³/mol. The molecule has 0 radical (unpaired) electrons. The van der Waals surface area contributed by atoms with Crippen LogP contribution in [0, 0.1) is 0 Å². The maximum absolute atomic E-state index is 11.9. The van der Waals surface area contributed by atoms with Crippen molar-refractivity contribution in [2.24, 2.45) is 0 Å². The highest BCUT2D eigenvalue weighted by Gasteiger charge is 2.19. The maximum atomic E-state index is 11.9. The highest BCUT2D eigenvalue weighted by molar-refractivity contribution is 5.89. The SMILES string of the molecule is O=C(Nc1ccc(-c2cccnc2)oc1=O)NC1CCC1. The number of anilines is 1. The van der Waals surface area contributed by atoms with E-state index in [1.807, 2.05) is 0 Å².